The number of aromatic nitrogens is 2. The lowest BCUT2D eigenvalue weighted by atomic mass is 9.96. The van der Waals surface area contributed by atoms with E-state index in [2.05, 4.69) is 20.2 Å². The number of aliphatic hydroxyl groups is 1. The summed E-state index contributed by atoms with van der Waals surface area (Å²) in [6.07, 6.45) is 2.30. The van der Waals surface area contributed by atoms with Crippen LogP contribution in [0.4, 0.5) is 4.79 Å². The van der Waals surface area contributed by atoms with Gasteiger partial charge in [0.15, 0.2) is 0 Å². The first-order valence-electron chi connectivity index (χ1n) is 8.73. The van der Waals surface area contributed by atoms with Gasteiger partial charge in [-0.2, -0.15) is 0 Å². The van der Waals surface area contributed by atoms with Crippen LogP contribution in [0, 0.1) is 0 Å². The fraction of sp³-hybridized carbons (Fsp3) is 0.500. The molecule has 2 aromatic rings. The van der Waals surface area contributed by atoms with Gasteiger partial charge in [-0.15, -0.1) is 0 Å². The van der Waals surface area contributed by atoms with E-state index in [-0.39, 0.29) is 18.6 Å². The molecular formula is C18H24N4O4. The molecule has 3 heterocycles. The van der Waals surface area contributed by atoms with E-state index >= 15 is 0 Å². The number of rotatable bonds is 6. The summed E-state index contributed by atoms with van der Waals surface area (Å²) >= 11 is 0. The van der Waals surface area contributed by atoms with E-state index in [1.165, 1.54) is 0 Å². The van der Waals surface area contributed by atoms with Gasteiger partial charge in [-0.1, -0.05) is 0 Å². The van der Waals surface area contributed by atoms with Gasteiger partial charge in [-0.25, -0.2) is 9.78 Å². The lowest BCUT2D eigenvalue weighted by Crippen LogP contribution is -2.45. The van der Waals surface area contributed by atoms with Crippen LogP contribution in [-0.4, -0.2) is 70.6 Å². The zero-order valence-corrected chi connectivity index (χ0v) is 14.8. The van der Waals surface area contributed by atoms with Crippen molar-refractivity contribution in [1.82, 2.24) is 20.2 Å². The van der Waals surface area contributed by atoms with Gasteiger partial charge in [0.1, 0.15) is 0 Å². The zero-order valence-electron chi connectivity index (χ0n) is 14.8. The molecule has 1 fully saturated rings. The Kier molecular flexibility index (Phi) is 5.85. The van der Waals surface area contributed by atoms with Gasteiger partial charge >= 0.3 is 6.09 Å². The predicted molar refractivity (Wildman–Crippen MR) is 96.5 cm³/mol. The minimum Gasteiger partial charge on any atom is -0.481 e. The average Bonchev–Trinajstić information content (AvgIpc) is 2.66. The fourth-order valence-electron chi connectivity index (χ4n) is 3.47. The lowest BCUT2D eigenvalue weighted by Gasteiger charge is -2.34. The molecule has 1 amide bonds. The van der Waals surface area contributed by atoms with E-state index in [1.807, 2.05) is 12.1 Å². The Labute approximate surface area is 151 Å². The first kappa shape index (κ1) is 18.3. The number of nitrogens with zero attached hydrogens (tertiary/aromatic N) is 3. The molecule has 0 aliphatic carbocycles. The van der Waals surface area contributed by atoms with Crippen molar-refractivity contribution in [3.8, 4) is 5.88 Å². The Morgan fingerprint density at radius 3 is 2.81 bits per heavy atom. The SMILES string of the molecule is COc1ccc2nccc(C(CO)CN3CCC(NC(=O)O)CC3)c2n1. The summed E-state index contributed by atoms with van der Waals surface area (Å²) in [6, 6.07) is 5.54. The number of fused-ring (bicyclic) bond motifs is 1. The van der Waals surface area contributed by atoms with Gasteiger partial charge in [-0.3, -0.25) is 4.98 Å². The Morgan fingerprint density at radius 2 is 2.15 bits per heavy atom. The third-order valence-corrected chi connectivity index (χ3v) is 4.85. The maximum Gasteiger partial charge on any atom is 0.404 e. The Bertz CT molecular complexity index is 762. The van der Waals surface area contributed by atoms with E-state index < -0.39 is 6.09 Å². The number of amides is 1. The largest absolute Gasteiger partial charge is 0.481 e. The number of aliphatic hydroxyl groups excluding tert-OH is 1. The maximum atomic E-state index is 10.8. The molecule has 1 saturated heterocycles. The summed E-state index contributed by atoms with van der Waals surface area (Å²) in [6.45, 7) is 2.28. The highest BCUT2D eigenvalue weighted by molar-refractivity contribution is 5.78. The van der Waals surface area contributed by atoms with E-state index in [0.29, 0.717) is 12.4 Å². The summed E-state index contributed by atoms with van der Waals surface area (Å²) in [5.41, 5.74) is 2.46. The normalized spacial score (nSPS) is 17.2. The molecule has 3 rings (SSSR count). The van der Waals surface area contributed by atoms with Gasteiger partial charge in [0, 0.05) is 43.9 Å². The molecule has 2 aromatic heterocycles. The third kappa shape index (κ3) is 4.20. The number of likely N-dealkylation sites (tertiary alicyclic amines) is 1. The number of piperidine rings is 1. The highest BCUT2D eigenvalue weighted by atomic mass is 16.5. The van der Waals surface area contributed by atoms with Crippen LogP contribution in [0.5, 0.6) is 5.88 Å². The van der Waals surface area contributed by atoms with Crippen molar-refractivity contribution in [2.24, 2.45) is 0 Å². The first-order chi connectivity index (χ1) is 12.6. The summed E-state index contributed by atoms with van der Waals surface area (Å²) in [7, 11) is 1.57. The van der Waals surface area contributed by atoms with Gasteiger partial charge < -0.3 is 25.2 Å². The zero-order chi connectivity index (χ0) is 18.5. The number of hydrogen-bond acceptors (Lipinski definition) is 6. The molecule has 26 heavy (non-hydrogen) atoms. The Balaban J connectivity index is 1.73. The van der Waals surface area contributed by atoms with E-state index in [0.717, 1.165) is 42.5 Å². The Morgan fingerprint density at radius 1 is 1.38 bits per heavy atom. The standard InChI is InChI=1S/C18H24N4O4/c1-26-16-3-2-15-17(21-16)14(4-7-19-15)12(11-23)10-22-8-5-13(6-9-22)20-18(24)25/h2-4,7,12-13,20,23H,5-6,8-11H2,1H3,(H,24,25). The molecule has 8 nitrogen and oxygen atoms in total. The topological polar surface area (TPSA) is 108 Å². The number of pyridine rings is 2. The van der Waals surface area contributed by atoms with Crippen molar-refractivity contribution in [1.29, 1.82) is 0 Å². The molecule has 3 N–H and O–H groups in total. The van der Waals surface area contributed by atoms with Crippen LogP contribution in [-0.2, 0) is 0 Å². The van der Waals surface area contributed by atoms with Crippen molar-refractivity contribution in [3.05, 3.63) is 30.0 Å². The van der Waals surface area contributed by atoms with Crippen molar-refractivity contribution >= 4 is 17.1 Å². The van der Waals surface area contributed by atoms with Crippen LogP contribution in [0.3, 0.4) is 0 Å². The van der Waals surface area contributed by atoms with Gasteiger partial charge in [0.2, 0.25) is 5.88 Å². The number of carbonyl (C=O) groups is 1. The molecular weight excluding hydrogens is 336 g/mol. The molecule has 1 unspecified atom stereocenters. The molecule has 1 atom stereocenters. The van der Waals surface area contributed by atoms with E-state index in [9.17, 15) is 9.90 Å². The van der Waals surface area contributed by atoms with Crippen LogP contribution in [0.2, 0.25) is 0 Å². The van der Waals surface area contributed by atoms with E-state index in [1.54, 1.807) is 19.4 Å². The van der Waals surface area contributed by atoms with Crippen LogP contribution >= 0.6 is 0 Å². The molecule has 0 aromatic carbocycles. The summed E-state index contributed by atoms with van der Waals surface area (Å²) in [5.74, 6) is 0.424. The summed E-state index contributed by atoms with van der Waals surface area (Å²) < 4.78 is 5.22. The van der Waals surface area contributed by atoms with Crippen LogP contribution in [0.1, 0.15) is 24.3 Å². The molecule has 8 heteroatoms. The molecule has 0 spiro atoms. The molecule has 140 valence electrons. The number of nitrogens with one attached hydrogen (secondary N) is 1. The second kappa shape index (κ2) is 8.29. The molecule has 1 aliphatic heterocycles. The van der Waals surface area contributed by atoms with Gasteiger partial charge in [0.25, 0.3) is 0 Å². The van der Waals surface area contributed by atoms with Crippen molar-refractivity contribution < 1.29 is 19.7 Å². The van der Waals surface area contributed by atoms with Crippen LogP contribution in [0.25, 0.3) is 11.0 Å². The number of hydrogen-bond donors (Lipinski definition) is 3. The number of ether oxygens (including phenoxy) is 1. The Hall–Kier alpha value is -2.45. The van der Waals surface area contributed by atoms with Crippen LogP contribution in [0.15, 0.2) is 24.4 Å². The van der Waals surface area contributed by atoms with Crippen LogP contribution < -0.4 is 10.1 Å². The lowest BCUT2D eigenvalue weighted by molar-refractivity contribution is 0.152. The number of methoxy groups -OCH3 is 1. The molecule has 1 aliphatic rings. The molecule has 0 radical (unpaired) electrons. The average molecular weight is 360 g/mol. The van der Waals surface area contributed by atoms with Crippen molar-refractivity contribution in [2.45, 2.75) is 24.8 Å². The molecule has 0 bridgehead atoms. The predicted octanol–water partition coefficient (Wildman–Crippen LogP) is 1.45. The monoisotopic (exact) mass is 360 g/mol. The smallest absolute Gasteiger partial charge is 0.404 e. The highest BCUT2D eigenvalue weighted by Crippen LogP contribution is 2.26. The first-order valence-corrected chi connectivity index (χ1v) is 8.73. The van der Waals surface area contributed by atoms with Gasteiger partial charge in [-0.05, 0) is 30.5 Å². The number of carboxylic acid groups (broad SMARTS) is 1. The molecule has 0 saturated carbocycles. The fourth-order valence-corrected chi connectivity index (χ4v) is 3.47. The minimum absolute atomic E-state index is 0.00371. The quantitative estimate of drug-likeness (QED) is 0.715. The minimum atomic E-state index is -0.972. The van der Waals surface area contributed by atoms with Crippen molar-refractivity contribution in [2.75, 3.05) is 33.4 Å². The van der Waals surface area contributed by atoms with Gasteiger partial charge in [0.05, 0.1) is 24.8 Å². The van der Waals surface area contributed by atoms with Crippen molar-refractivity contribution in [3.63, 3.8) is 0 Å². The highest BCUT2D eigenvalue weighted by Gasteiger charge is 2.24. The second-order valence-corrected chi connectivity index (χ2v) is 6.53. The second-order valence-electron chi connectivity index (χ2n) is 6.53. The maximum absolute atomic E-state index is 10.8. The summed E-state index contributed by atoms with van der Waals surface area (Å²) in [4.78, 5) is 21.9. The van der Waals surface area contributed by atoms with E-state index in [4.69, 9.17) is 9.84 Å². The third-order valence-electron chi connectivity index (χ3n) is 4.85. The summed E-state index contributed by atoms with van der Waals surface area (Å²) in [5, 5.41) is 21.3.